The van der Waals surface area contributed by atoms with Crippen molar-refractivity contribution in [1.82, 2.24) is 14.9 Å². The van der Waals surface area contributed by atoms with Crippen molar-refractivity contribution in [2.75, 3.05) is 46.1 Å². The van der Waals surface area contributed by atoms with Crippen molar-refractivity contribution in [1.29, 1.82) is 0 Å². The summed E-state index contributed by atoms with van der Waals surface area (Å²) in [4.78, 5) is 47.5. The van der Waals surface area contributed by atoms with Gasteiger partial charge in [-0.3, -0.25) is 24.1 Å². The van der Waals surface area contributed by atoms with E-state index in [4.69, 9.17) is 14.3 Å². The number of likely N-dealkylation sites (tertiary alicyclic amines) is 2. The number of hydrogen-bond donors (Lipinski definition) is 1. The number of carbonyl (C=O) groups is 3. The highest BCUT2D eigenvalue weighted by Gasteiger charge is 2.47. The van der Waals surface area contributed by atoms with E-state index in [0.29, 0.717) is 57.1 Å². The molecule has 0 aliphatic carbocycles. The van der Waals surface area contributed by atoms with Crippen LogP contribution in [0, 0.1) is 5.92 Å². The van der Waals surface area contributed by atoms with E-state index in [1.807, 2.05) is 36.9 Å². The molecule has 3 aliphatic heterocycles. The van der Waals surface area contributed by atoms with E-state index in [9.17, 15) is 19.5 Å². The fourth-order valence-corrected chi connectivity index (χ4v) is 5.48. The van der Waals surface area contributed by atoms with Crippen LogP contribution in [0.4, 0.5) is 0 Å². The first-order chi connectivity index (χ1) is 17.4. The number of carboxylic acid groups (broad SMARTS) is 1. The molecule has 1 aromatic carbocycles. The zero-order valence-corrected chi connectivity index (χ0v) is 21.2. The highest BCUT2D eigenvalue weighted by molar-refractivity contribution is 5.79. The molecule has 0 unspecified atom stereocenters. The summed E-state index contributed by atoms with van der Waals surface area (Å²) < 4.78 is 11.0. The van der Waals surface area contributed by atoms with Crippen LogP contribution in [0.2, 0.25) is 0 Å². The smallest absolute Gasteiger partial charge is 0.308 e. The molecule has 0 bridgehead atoms. The third-order valence-corrected chi connectivity index (χ3v) is 7.22. The van der Waals surface area contributed by atoms with Crippen molar-refractivity contribution in [2.24, 2.45) is 5.92 Å². The predicted molar refractivity (Wildman–Crippen MR) is 130 cm³/mol. The van der Waals surface area contributed by atoms with Gasteiger partial charge in [0.2, 0.25) is 12.7 Å². The van der Waals surface area contributed by atoms with Crippen molar-refractivity contribution in [3.05, 3.63) is 23.8 Å². The van der Waals surface area contributed by atoms with Gasteiger partial charge in [0.15, 0.2) is 11.5 Å². The Labute approximate surface area is 212 Å². The molecule has 10 nitrogen and oxygen atoms in total. The summed E-state index contributed by atoms with van der Waals surface area (Å²) in [5.41, 5.74) is 0.844. The molecule has 198 valence electrons. The molecule has 4 rings (SSSR count). The van der Waals surface area contributed by atoms with E-state index < -0.39 is 17.9 Å². The zero-order valence-electron chi connectivity index (χ0n) is 21.2. The number of hydrogen-bond acceptors (Lipinski definition) is 7. The predicted octanol–water partition coefficient (Wildman–Crippen LogP) is 2.48. The van der Waals surface area contributed by atoms with Crippen LogP contribution in [-0.2, 0) is 19.2 Å². The van der Waals surface area contributed by atoms with Gasteiger partial charge in [0.25, 0.3) is 5.91 Å². The Balaban J connectivity index is 1.57. The van der Waals surface area contributed by atoms with Gasteiger partial charge in [-0.25, -0.2) is 5.06 Å². The summed E-state index contributed by atoms with van der Waals surface area (Å²) in [6.45, 7) is 6.69. The molecule has 0 saturated carbocycles. The molecule has 3 aliphatic rings. The summed E-state index contributed by atoms with van der Waals surface area (Å²) >= 11 is 0. The number of benzene rings is 1. The number of amides is 2. The van der Waals surface area contributed by atoms with Gasteiger partial charge in [-0.2, -0.15) is 0 Å². The lowest BCUT2D eigenvalue weighted by Gasteiger charge is -2.30. The molecule has 3 heterocycles. The number of rotatable bonds is 12. The maximum atomic E-state index is 13.2. The summed E-state index contributed by atoms with van der Waals surface area (Å²) in [6, 6.07) is 5.14. The minimum atomic E-state index is -0.905. The van der Waals surface area contributed by atoms with Crippen LogP contribution in [0.1, 0.15) is 57.4 Å². The number of fused-ring (bicyclic) bond motifs is 1. The molecule has 10 heteroatoms. The van der Waals surface area contributed by atoms with Gasteiger partial charge in [-0.15, -0.1) is 0 Å². The first-order valence-corrected chi connectivity index (χ1v) is 13.0. The van der Waals surface area contributed by atoms with Gasteiger partial charge in [-0.05, 0) is 43.4 Å². The zero-order chi connectivity index (χ0) is 25.7. The third kappa shape index (κ3) is 5.75. The van der Waals surface area contributed by atoms with Crippen molar-refractivity contribution in [3.63, 3.8) is 0 Å². The number of aliphatic carboxylic acids is 1. The molecular weight excluding hydrogens is 466 g/mol. The highest BCUT2D eigenvalue weighted by Crippen LogP contribution is 2.42. The Hall–Kier alpha value is -2.85. The second kappa shape index (κ2) is 11.9. The monoisotopic (exact) mass is 503 g/mol. The van der Waals surface area contributed by atoms with Crippen LogP contribution in [0.15, 0.2) is 18.2 Å². The van der Waals surface area contributed by atoms with Crippen LogP contribution in [0.25, 0.3) is 0 Å². The van der Waals surface area contributed by atoms with Crippen molar-refractivity contribution >= 4 is 17.8 Å². The number of ether oxygens (including phenoxy) is 2. The molecule has 1 N–H and O–H groups in total. The molecule has 2 saturated heterocycles. The average molecular weight is 504 g/mol. The van der Waals surface area contributed by atoms with E-state index in [0.717, 1.165) is 24.8 Å². The first-order valence-electron chi connectivity index (χ1n) is 13.0. The maximum absolute atomic E-state index is 13.2. The summed E-state index contributed by atoms with van der Waals surface area (Å²) in [6.07, 6.45) is 3.40. The van der Waals surface area contributed by atoms with E-state index in [1.165, 1.54) is 5.06 Å². The summed E-state index contributed by atoms with van der Waals surface area (Å²) in [5, 5.41) is 11.7. The number of carbonyl (C=O) groups excluding carboxylic acids is 2. The Kier molecular flexibility index (Phi) is 8.68. The fraction of sp³-hybridized carbons (Fsp3) is 0.654. The van der Waals surface area contributed by atoms with E-state index in [2.05, 4.69) is 0 Å². The highest BCUT2D eigenvalue weighted by atomic mass is 16.7. The van der Waals surface area contributed by atoms with Gasteiger partial charge in [0, 0.05) is 44.6 Å². The van der Waals surface area contributed by atoms with E-state index >= 15 is 0 Å². The lowest BCUT2D eigenvalue weighted by atomic mass is 9.84. The molecule has 1 aromatic rings. The summed E-state index contributed by atoms with van der Waals surface area (Å²) in [5.74, 6) is -0.791. The van der Waals surface area contributed by atoms with Crippen LogP contribution in [0.3, 0.4) is 0 Å². The van der Waals surface area contributed by atoms with Gasteiger partial charge in [0.1, 0.15) is 0 Å². The van der Waals surface area contributed by atoms with Crippen LogP contribution in [-0.4, -0.2) is 89.9 Å². The van der Waals surface area contributed by atoms with Gasteiger partial charge in [0.05, 0.1) is 19.1 Å². The molecule has 0 aromatic heterocycles. The second-order valence-corrected chi connectivity index (χ2v) is 9.68. The van der Waals surface area contributed by atoms with Crippen molar-refractivity contribution < 1.29 is 33.8 Å². The number of nitrogens with zero attached hydrogens (tertiary/aromatic N) is 3. The molecule has 0 radical (unpaired) electrons. The Morgan fingerprint density at radius 2 is 2.00 bits per heavy atom. The molecule has 2 amide bonds. The minimum Gasteiger partial charge on any atom is -0.481 e. The van der Waals surface area contributed by atoms with Crippen molar-refractivity contribution in [2.45, 2.75) is 57.9 Å². The lowest BCUT2D eigenvalue weighted by molar-refractivity contribution is -0.188. The lowest BCUT2D eigenvalue weighted by Crippen LogP contribution is -2.45. The normalized spacial score (nSPS) is 23.4. The molecule has 0 spiro atoms. The second-order valence-electron chi connectivity index (χ2n) is 9.68. The summed E-state index contributed by atoms with van der Waals surface area (Å²) in [7, 11) is 0. The topological polar surface area (TPSA) is 109 Å². The van der Waals surface area contributed by atoms with E-state index in [1.54, 1.807) is 4.90 Å². The molecular formula is C26H37N3O7. The Bertz CT molecular complexity index is 955. The molecule has 3 atom stereocenters. The van der Waals surface area contributed by atoms with Gasteiger partial charge >= 0.3 is 5.97 Å². The first kappa shape index (κ1) is 26.2. The fourth-order valence-electron chi connectivity index (χ4n) is 5.48. The quantitative estimate of drug-likeness (QED) is 0.434. The van der Waals surface area contributed by atoms with Crippen LogP contribution in [0.5, 0.6) is 11.5 Å². The van der Waals surface area contributed by atoms with Gasteiger partial charge in [-0.1, -0.05) is 19.9 Å². The van der Waals surface area contributed by atoms with Crippen molar-refractivity contribution in [3.8, 4) is 11.5 Å². The molecule has 2 fully saturated rings. The molecule has 36 heavy (non-hydrogen) atoms. The Morgan fingerprint density at radius 1 is 1.19 bits per heavy atom. The number of hydroxylamine groups is 2. The third-order valence-electron chi connectivity index (χ3n) is 7.22. The number of carboxylic acids is 1. The standard InChI is InChI=1S/C26H37N3O7/c1-3-10-29(36-13-4-2)24(31)16-28-15-19(18-7-8-21-22(14-18)35-17-34-21)25(26(32)33)20(28)9-12-27-11-5-6-23(27)30/h7-8,14,19-20,25H,3-6,9-13,15-17H2,1-2H3,(H,32,33)/t19-,20+,25-/m1/s1. The van der Waals surface area contributed by atoms with Gasteiger partial charge < -0.3 is 19.5 Å². The average Bonchev–Trinajstić information content (AvgIpc) is 3.58. The van der Waals surface area contributed by atoms with Crippen LogP contribution >= 0.6 is 0 Å². The van der Waals surface area contributed by atoms with Crippen LogP contribution < -0.4 is 9.47 Å². The van der Waals surface area contributed by atoms with E-state index in [-0.39, 0.29) is 31.1 Å². The maximum Gasteiger partial charge on any atom is 0.308 e. The largest absolute Gasteiger partial charge is 0.481 e. The Morgan fingerprint density at radius 3 is 2.69 bits per heavy atom. The minimum absolute atomic E-state index is 0.0627. The SMILES string of the molecule is CCCON(CCC)C(=O)CN1C[C@H](c2ccc3c(c2)OCO3)[C@@H](C(=O)O)[C@@H]1CCN1CCCC1=O.